The van der Waals surface area contributed by atoms with Crippen LogP contribution in [0.15, 0.2) is 72.1 Å². The Bertz CT molecular complexity index is 864. The Hall–Kier alpha value is -3.12. The predicted octanol–water partition coefficient (Wildman–Crippen LogP) is 3.81. The number of anilines is 1. The predicted molar refractivity (Wildman–Crippen MR) is 103 cm³/mol. The molecule has 2 aromatic carbocycles. The minimum atomic E-state index is -0.260. The third-order valence-corrected chi connectivity index (χ3v) is 4.43. The van der Waals surface area contributed by atoms with Gasteiger partial charge in [0, 0.05) is 0 Å². The quantitative estimate of drug-likeness (QED) is 0.625. The molecule has 0 fully saturated rings. The van der Waals surface area contributed by atoms with Crippen molar-refractivity contribution >= 4 is 28.8 Å². The minimum Gasteiger partial charge on any atom is -0.492 e. The molecular formula is C20H18N2O3S. The van der Waals surface area contributed by atoms with Gasteiger partial charge in [-0.1, -0.05) is 36.4 Å². The highest BCUT2D eigenvalue weighted by Crippen LogP contribution is 2.18. The van der Waals surface area contributed by atoms with Crippen LogP contribution in [0.4, 0.5) is 5.69 Å². The maximum atomic E-state index is 12.4. The lowest BCUT2D eigenvalue weighted by Crippen LogP contribution is -2.29. The second-order valence-corrected chi connectivity index (χ2v) is 6.34. The molecule has 0 aliphatic rings. The summed E-state index contributed by atoms with van der Waals surface area (Å²) in [4.78, 5) is 25.2. The van der Waals surface area contributed by atoms with Gasteiger partial charge in [0.15, 0.2) is 0 Å². The molecule has 26 heavy (non-hydrogen) atoms. The van der Waals surface area contributed by atoms with E-state index < -0.39 is 0 Å². The van der Waals surface area contributed by atoms with Crippen LogP contribution in [0.3, 0.4) is 0 Å². The number of ether oxygens (including phenoxy) is 1. The van der Waals surface area contributed by atoms with E-state index in [9.17, 15) is 9.59 Å². The van der Waals surface area contributed by atoms with E-state index in [0.717, 1.165) is 5.75 Å². The van der Waals surface area contributed by atoms with Crippen LogP contribution in [0.5, 0.6) is 5.75 Å². The van der Waals surface area contributed by atoms with Crippen LogP contribution in [0.25, 0.3) is 0 Å². The molecule has 5 nitrogen and oxygen atoms in total. The SMILES string of the molecule is O=C(Nc1ccccc1C(=O)NCCOc1ccccc1)c1cccs1. The zero-order chi connectivity index (χ0) is 18.2. The van der Waals surface area contributed by atoms with Crippen LogP contribution in [-0.2, 0) is 0 Å². The fourth-order valence-electron chi connectivity index (χ4n) is 2.33. The van der Waals surface area contributed by atoms with Crippen LogP contribution in [0, 0.1) is 0 Å². The van der Waals surface area contributed by atoms with Gasteiger partial charge in [-0.3, -0.25) is 9.59 Å². The monoisotopic (exact) mass is 366 g/mol. The van der Waals surface area contributed by atoms with Crippen molar-refractivity contribution < 1.29 is 14.3 Å². The van der Waals surface area contributed by atoms with Gasteiger partial charge in [-0.2, -0.15) is 0 Å². The second-order valence-electron chi connectivity index (χ2n) is 5.39. The standard InChI is InChI=1S/C20H18N2O3S/c23-19(21-12-13-25-15-7-2-1-3-8-15)16-9-4-5-10-17(16)22-20(24)18-11-6-14-26-18/h1-11,14H,12-13H2,(H,21,23)(H,22,24). The molecule has 0 aliphatic heterocycles. The lowest BCUT2D eigenvalue weighted by Gasteiger charge is -2.11. The largest absolute Gasteiger partial charge is 0.492 e. The molecular weight excluding hydrogens is 348 g/mol. The van der Waals surface area contributed by atoms with Gasteiger partial charge < -0.3 is 15.4 Å². The van der Waals surface area contributed by atoms with Crippen LogP contribution < -0.4 is 15.4 Å². The van der Waals surface area contributed by atoms with E-state index in [1.54, 1.807) is 30.3 Å². The van der Waals surface area contributed by atoms with Crippen molar-refractivity contribution in [3.63, 3.8) is 0 Å². The third-order valence-electron chi connectivity index (χ3n) is 3.56. The summed E-state index contributed by atoms with van der Waals surface area (Å²) in [6, 6.07) is 19.9. The molecule has 0 spiro atoms. The molecule has 6 heteroatoms. The van der Waals surface area contributed by atoms with Crippen LogP contribution >= 0.6 is 11.3 Å². The van der Waals surface area contributed by atoms with Gasteiger partial charge in [-0.15, -0.1) is 11.3 Å². The Morgan fingerprint density at radius 2 is 1.65 bits per heavy atom. The first kappa shape index (κ1) is 17.7. The van der Waals surface area contributed by atoms with Crippen molar-refractivity contribution in [1.82, 2.24) is 5.32 Å². The normalized spacial score (nSPS) is 10.2. The van der Waals surface area contributed by atoms with E-state index in [4.69, 9.17) is 4.74 Å². The number of para-hydroxylation sites is 2. The maximum absolute atomic E-state index is 12.4. The maximum Gasteiger partial charge on any atom is 0.265 e. The van der Waals surface area contributed by atoms with Gasteiger partial charge >= 0.3 is 0 Å². The number of nitrogens with one attached hydrogen (secondary N) is 2. The number of thiophene rings is 1. The van der Waals surface area contributed by atoms with Gasteiger partial charge in [0.25, 0.3) is 11.8 Å². The highest BCUT2D eigenvalue weighted by molar-refractivity contribution is 7.12. The number of hydrogen-bond acceptors (Lipinski definition) is 4. The highest BCUT2D eigenvalue weighted by Gasteiger charge is 2.14. The van der Waals surface area contributed by atoms with Gasteiger partial charge in [-0.05, 0) is 35.7 Å². The highest BCUT2D eigenvalue weighted by atomic mass is 32.1. The van der Waals surface area contributed by atoms with E-state index in [2.05, 4.69) is 10.6 Å². The number of amides is 2. The van der Waals surface area contributed by atoms with Crippen molar-refractivity contribution in [3.05, 3.63) is 82.6 Å². The molecule has 2 N–H and O–H groups in total. The number of hydrogen-bond donors (Lipinski definition) is 2. The Morgan fingerprint density at radius 3 is 2.42 bits per heavy atom. The van der Waals surface area contributed by atoms with Gasteiger partial charge in [-0.25, -0.2) is 0 Å². The Kier molecular flexibility index (Phi) is 6.01. The Morgan fingerprint density at radius 1 is 0.885 bits per heavy atom. The first-order valence-corrected chi connectivity index (χ1v) is 9.02. The fraction of sp³-hybridized carbons (Fsp3) is 0.100. The van der Waals surface area contributed by atoms with E-state index >= 15 is 0 Å². The van der Waals surface area contributed by atoms with Crippen LogP contribution in [0.2, 0.25) is 0 Å². The van der Waals surface area contributed by atoms with Gasteiger partial charge in [0.05, 0.1) is 22.7 Å². The van der Waals surface area contributed by atoms with Crippen molar-refractivity contribution in [2.24, 2.45) is 0 Å². The first-order valence-electron chi connectivity index (χ1n) is 8.14. The lowest BCUT2D eigenvalue weighted by molar-refractivity contribution is 0.0948. The van der Waals surface area contributed by atoms with E-state index in [1.807, 2.05) is 41.8 Å². The molecule has 3 rings (SSSR count). The van der Waals surface area contributed by atoms with Crippen molar-refractivity contribution in [3.8, 4) is 5.75 Å². The Labute approximate surface area is 155 Å². The summed E-state index contributed by atoms with van der Waals surface area (Å²) in [6.07, 6.45) is 0. The average Bonchev–Trinajstić information content (AvgIpc) is 3.21. The van der Waals surface area contributed by atoms with E-state index in [-0.39, 0.29) is 11.8 Å². The Balaban J connectivity index is 1.56. The molecule has 2 amide bonds. The van der Waals surface area contributed by atoms with Gasteiger partial charge in [0.2, 0.25) is 0 Å². The molecule has 0 radical (unpaired) electrons. The van der Waals surface area contributed by atoms with Crippen LogP contribution in [-0.4, -0.2) is 25.0 Å². The summed E-state index contributed by atoms with van der Waals surface area (Å²) in [5, 5.41) is 7.43. The lowest BCUT2D eigenvalue weighted by atomic mass is 10.1. The summed E-state index contributed by atoms with van der Waals surface area (Å²) in [5.74, 6) is 0.266. The zero-order valence-corrected chi connectivity index (χ0v) is 14.8. The average molecular weight is 366 g/mol. The summed E-state index contributed by atoms with van der Waals surface area (Å²) < 4.78 is 5.55. The zero-order valence-electron chi connectivity index (χ0n) is 14.0. The smallest absolute Gasteiger partial charge is 0.265 e. The molecule has 0 aliphatic carbocycles. The minimum absolute atomic E-state index is 0.229. The molecule has 0 saturated heterocycles. The molecule has 3 aromatic rings. The summed E-state index contributed by atoms with van der Waals surface area (Å²) in [5.41, 5.74) is 0.893. The topological polar surface area (TPSA) is 67.4 Å². The number of benzene rings is 2. The number of carbonyl (C=O) groups is 2. The number of rotatable bonds is 7. The van der Waals surface area contributed by atoms with E-state index in [1.165, 1.54) is 11.3 Å². The summed E-state index contributed by atoms with van der Waals surface area (Å²) in [6.45, 7) is 0.723. The van der Waals surface area contributed by atoms with Crippen LogP contribution in [0.1, 0.15) is 20.0 Å². The second kappa shape index (κ2) is 8.82. The molecule has 132 valence electrons. The van der Waals surface area contributed by atoms with Crippen molar-refractivity contribution in [2.45, 2.75) is 0 Å². The molecule has 0 atom stereocenters. The summed E-state index contributed by atoms with van der Waals surface area (Å²) >= 11 is 1.35. The third kappa shape index (κ3) is 4.70. The van der Waals surface area contributed by atoms with E-state index in [0.29, 0.717) is 29.3 Å². The van der Waals surface area contributed by atoms with Crippen molar-refractivity contribution in [1.29, 1.82) is 0 Å². The molecule has 0 bridgehead atoms. The summed E-state index contributed by atoms with van der Waals surface area (Å²) in [7, 11) is 0. The molecule has 1 heterocycles. The van der Waals surface area contributed by atoms with Crippen molar-refractivity contribution in [2.75, 3.05) is 18.5 Å². The fourth-order valence-corrected chi connectivity index (χ4v) is 2.95. The number of carbonyl (C=O) groups excluding carboxylic acids is 2. The molecule has 0 saturated carbocycles. The molecule has 0 unspecified atom stereocenters. The molecule has 1 aromatic heterocycles. The first-order chi connectivity index (χ1) is 12.7. The van der Waals surface area contributed by atoms with Gasteiger partial charge in [0.1, 0.15) is 12.4 Å².